The molecular formula is C23H26N2O3. The second-order valence-electron chi connectivity index (χ2n) is 6.70. The van der Waals surface area contributed by atoms with Gasteiger partial charge in [0.1, 0.15) is 0 Å². The fourth-order valence-electron chi connectivity index (χ4n) is 2.59. The van der Waals surface area contributed by atoms with Gasteiger partial charge in [0.15, 0.2) is 5.78 Å². The average Bonchev–Trinajstić information content (AvgIpc) is 2.67. The fraction of sp³-hybridized carbons (Fsp3) is 0.261. The third-order valence-corrected chi connectivity index (χ3v) is 4.30. The normalized spacial score (nSPS) is 11.0. The third kappa shape index (κ3) is 6.50. The van der Waals surface area contributed by atoms with E-state index in [0.29, 0.717) is 22.5 Å². The number of hydrogen-bond donors (Lipinski definition) is 2. The number of unbranched alkanes of at least 4 members (excludes halogenated alkanes) is 1. The number of anilines is 2. The van der Waals surface area contributed by atoms with Crippen molar-refractivity contribution in [3.63, 3.8) is 0 Å². The summed E-state index contributed by atoms with van der Waals surface area (Å²) in [4.78, 5) is 35.7. The van der Waals surface area contributed by atoms with E-state index in [1.807, 2.05) is 24.3 Å². The molecule has 0 unspecified atom stereocenters. The summed E-state index contributed by atoms with van der Waals surface area (Å²) in [5, 5.41) is 5.47. The summed E-state index contributed by atoms with van der Waals surface area (Å²) in [6.07, 6.45) is 4.56. The smallest absolute Gasteiger partial charge is 0.251 e. The van der Waals surface area contributed by atoms with E-state index < -0.39 is 5.91 Å². The number of rotatable bonds is 8. The van der Waals surface area contributed by atoms with Gasteiger partial charge in [-0.05, 0) is 68.7 Å². The van der Waals surface area contributed by atoms with E-state index in [4.69, 9.17) is 0 Å². The van der Waals surface area contributed by atoms with E-state index in [0.717, 1.165) is 19.3 Å². The van der Waals surface area contributed by atoms with Gasteiger partial charge in [0.25, 0.3) is 5.91 Å². The Balaban J connectivity index is 1.92. The molecule has 146 valence electrons. The first-order valence-electron chi connectivity index (χ1n) is 9.39. The van der Waals surface area contributed by atoms with Crippen molar-refractivity contribution in [2.24, 2.45) is 0 Å². The van der Waals surface area contributed by atoms with E-state index in [1.165, 1.54) is 18.6 Å². The number of ketones is 1. The Labute approximate surface area is 165 Å². The van der Waals surface area contributed by atoms with Crippen LogP contribution in [0.4, 0.5) is 11.4 Å². The molecule has 0 atom stereocenters. The quantitative estimate of drug-likeness (QED) is 0.514. The summed E-state index contributed by atoms with van der Waals surface area (Å²) >= 11 is 0. The maximum Gasteiger partial charge on any atom is 0.251 e. The number of amides is 2. The van der Waals surface area contributed by atoms with Gasteiger partial charge < -0.3 is 10.6 Å². The molecule has 2 aromatic rings. The molecule has 5 nitrogen and oxygen atoms in total. The highest BCUT2D eigenvalue weighted by atomic mass is 16.2. The van der Waals surface area contributed by atoms with Crippen molar-refractivity contribution in [1.82, 2.24) is 0 Å². The molecule has 5 heteroatoms. The van der Waals surface area contributed by atoms with E-state index in [9.17, 15) is 14.4 Å². The number of hydrogen-bond acceptors (Lipinski definition) is 3. The van der Waals surface area contributed by atoms with Gasteiger partial charge in [0, 0.05) is 28.6 Å². The largest absolute Gasteiger partial charge is 0.323 e. The first-order valence-corrected chi connectivity index (χ1v) is 9.39. The van der Waals surface area contributed by atoms with Gasteiger partial charge in [-0.3, -0.25) is 14.4 Å². The maximum atomic E-state index is 12.3. The van der Waals surface area contributed by atoms with Crippen LogP contribution < -0.4 is 10.6 Å². The van der Waals surface area contributed by atoms with Crippen LogP contribution in [0.15, 0.2) is 60.2 Å². The highest BCUT2D eigenvalue weighted by Gasteiger charge is 2.08. The number of aryl methyl sites for hydroxylation is 1. The lowest BCUT2D eigenvalue weighted by atomic mass is 10.1. The Bertz CT molecular complexity index is 866. The fourth-order valence-corrected chi connectivity index (χ4v) is 2.59. The second-order valence-corrected chi connectivity index (χ2v) is 6.70. The zero-order chi connectivity index (χ0) is 20.5. The van der Waals surface area contributed by atoms with Crippen LogP contribution in [0.2, 0.25) is 0 Å². The highest BCUT2D eigenvalue weighted by Crippen LogP contribution is 2.13. The van der Waals surface area contributed by atoms with Gasteiger partial charge in [-0.15, -0.1) is 0 Å². The molecule has 0 heterocycles. The SMILES string of the molecule is CCCCc1ccc(NC(=O)/C(C)=C\C(=O)Nc2ccc(C(C)=O)cc2)cc1. The Morgan fingerprint density at radius 3 is 2.00 bits per heavy atom. The van der Waals surface area contributed by atoms with E-state index in [2.05, 4.69) is 17.6 Å². The number of nitrogens with one attached hydrogen (secondary N) is 2. The number of carbonyl (C=O) groups excluding carboxylic acids is 3. The highest BCUT2D eigenvalue weighted by molar-refractivity contribution is 6.10. The minimum atomic E-state index is -0.405. The van der Waals surface area contributed by atoms with Crippen molar-refractivity contribution in [1.29, 1.82) is 0 Å². The zero-order valence-electron chi connectivity index (χ0n) is 16.5. The molecule has 2 N–H and O–H groups in total. The lowest BCUT2D eigenvalue weighted by Gasteiger charge is -2.07. The van der Waals surface area contributed by atoms with Gasteiger partial charge >= 0.3 is 0 Å². The summed E-state index contributed by atoms with van der Waals surface area (Å²) in [6.45, 7) is 5.22. The van der Waals surface area contributed by atoms with Crippen LogP contribution in [0.5, 0.6) is 0 Å². The molecule has 0 aliphatic carbocycles. The van der Waals surface area contributed by atoms with Crippen molar-refractivity contribution in [2.75, 3.05) is 10.6 Å². The molecule has 0 saturated carbocycles. The molecule has 0 saturated heterocycles. The lowest BCUT2D eigenvalue weighted by molar-refractivity contribution is -0.114. The summed E-state index contributed by atoms with van der Waals surface area (Å²) < 4.78 is 0. The van der Waals surface area contributed by atoms with Crippen molar-refractivity contribution in [3.05, 3.63) is 71.3 Å². The second kappa shape index (κ2) is 10.2. The summed E-state index contributed by atoms with van der Waals surface area (Å²) in [5.74, 6) is -0.773. The third-order valence-electron chi connectivity index (χ3n) is 4.30. The van der Waals surface area contributed by atoms with Gasteiger partial charge in [0.05, 0.1) is 0 Å². The van der Waals surface area contributed by atoms with Crippen LogP contribution >= 0.6 is 0 Å². The predicted octanol–water partition coefficient (Wildman–Crippen LogP) is 4.76. The van der Waals surface area contributed by atoms with Crippen LogP contribution in [-0.2, 0) is 16.0 Å². The molecule has 0 spiro atoms. The first-order chi connectivity index (χ1) is 13.4. The topological polar surface area (TPSA) is 75.3 Å². The van der Waals surface area contributed by atoms with Gasteiger partial charge in [-0.25, -0.2) is 0 Å². The van der Waals surface area contributed by atoms with Crippen LogP contribution in [-0.4, -0.2) is 17.6 Å². The summed E-state index contributed by atoms with van der Waals surface area (Å²) in [7, 11) is 0. The number of benzene rings is 2. The van der Waals surface area contributed by atoms with E-state index in [1.54, 1.807) is 31.2 Å². The number of carbonyl (C=O) groups is 3. The van der Waals surface area contributed by atoms with Crippen LogP contribution in [0.25, 0.3) is 0 Å². The minimum absolute atomic E-state index is 0.0383. The molecule has 28 heavy (non-hydrogen) atoms. The minimum Gasteiger partial charge on any atom is -0.323 e. The van der Waals surface area contributed by atoms with Gasteiger partial charge in [0.2, 0.25) is 5.91 Å². The summed E-state index contributed by atoms with van der Waals surface area (Å²) in [5.41, 5.74) is 3.36. The molecule has 2 rings (SSSR count). The predicted molar refractivity (Wildman–Crippen MR) is 113 cm³/mol. The van der Waals surface area contributed by atoms with E-state index >= 15 is 0 Å². The first kappa shape index (κ1) is 21.1. The Hall–Kier alpha value is -3.21. The van der Waals surface area contributed by atoms with Crippen molar-refractivity contribution >= 4 is 29.0 Å². The Morgan fingerprint density at radius 2 is 1.43 bits per heavy atom. The molecule has 0 bridgehead atoms. The van der Waals surface area contributed by atoms with Crippen molar-refractivity contribution < 1.29 is 14.4 Å². The summed E-state index contributed by atoms with van der Waals surface area (Å²) in [6, 6.07) is 14.3. The molecule has 0 fully saturated rings. The van der Waals surface area contributed by atoms with Crippen molar-refractivity contribution in [2.45, 2.75) is 40.0 Å². The number of Topliss-reactive ketones (excluding diaryl/α,β-unsaturated/α-hetero) is 1. The average molecular weight is 378 g/mol. The van der Waals surface area contributed by atoms with Crippen LogP contribution in [0.3, 0.4) is 0 Å². The Kier molecular flexibility index (Phi) is 7.69. The van der Waals surface area contributed by atoms with Gasteiger partial charge in [-0.2, -0.15) is 0 Å². The molecule has 0 aliphatic rings. The molecule has 0 aromatic heterocycles. The lowest BCUT2D eigenvalue weighted by Crippen LogP contribution is -2.16. The van der Waals surface area contributed by atoms with Gasteiger partial charge in [-0.1, -0.05) is 25.5 Å². The zero-order valence-corrected chi connectivity index (χ0v) is 16.5. The molecule has 2 amide bonds. The standard InChI is InChI=1S/C23H26N2O3/c1-4-5-6-18-7-11-21(12-8-18)25-23(28)16(2)15-22(27)24-20-13-9-19(10-14-20)17(3)26/h7-15H,4-6H2,1-3H3,(H,24,27)(H,25,28)/b16-15-. The monoisotopic (exact) mass is 378 g/mol. The van der Waals surface area contributed by atoms with Crippen molar-refractivity contribution in [3.8, 4) is 0 Å². The maximum absolute atomic E-state index is 12.3. The van der Waals surface area contributed by atoms with Crippen LogP contribution in [0, 0.1) is 0 Å². The molecular weight excluding hydrogens is 352 g/mol. The van der Waals surface area contributed by atoms with Crippen LogP contribution in [0.1, 0.15) is 49.5 Å². The Morgan fingerprint density at radius 1 is 0.857 bits per heavy atom. The molecule has 2 aromatic carbocycles. The molecule has 0 radical (unpaired) electrons. The molecule has 0 aliphatic heterocycles. The van der Waals surface area contributed by atoms with E-state index in [-0.39, 0.29) is 11.7 Å².